The normalized spacial score (nSPS) is 21.3. The van der Waals surface area contributed by atoms with Crippen molar-refractivity contribution in [1.82, 2.24) is 14.5 Å². The van der Waals surface area contributed by atoms with Crippen LogP contribution in [0.15, 0.2) is 185 Å². The molecule has 0 saturated carbocycles. The first-order chi connectivity index (χ1) is 27.3. The van der Waals surface area contributed by atoms with Crippen LogP contribution in [0.25, 0.3) is 55.0 Å². The van der Waals surface area contributed by atoms with Gasteiger partial charge in [0.1, 0.15) is 18.0 Å². The van der Waals surface area contributed by atoms with Crippen LogP contribution in [0.3, 0.4) is 0 Å². The van der Waals surface area contributed by atoms with Crippen molar-refractivity contribution in [2.45, 2.75) is 43.9 Å². The Morgan fingerprint density at radius 2 is 1.38 bits per heavy atom. The van der Waals surface area contributed by atoms with E-state index in [1.165, 1.54) is 77.3 Å². The molecule has 5 aliphatic rings. The van der Waals surface area contributed by atoms with Crippen LogP contribution in [-0.4, -0.2) is 27.1 Å². The van der Waals surface area contributed by atoms with Crippen molar-refractivity contribution in [2.75, 3.05) is 0 Å². The predicted octanol–water partition coefficient (Wildman–Crippen LogP) is 11.5. The lowest BCUT2D eigenvalue weighted by atomic mass is 9.82. The molecular weight excluding hydrogens is 673 g/mol. The molecule has 0 spiro atoms. The van der Waals surface area contributed by atoms with Gasteiger partial charge in [-0.15, -0.1) is 0 Å². The maximum atomic E-state index is 6.86. The average Bonchev–Trinajstić information content (AvgIpc) is 3.90. The molecule has 0 bridgehead atoms. The quantitative estimate of drug-likeness (QED) is 0.198. The first kappa shape index (κ1) is 30.8. The zero-order valence-corrected chi connectivity index (χ0v) is 30.3. The number of allylic oxidation sites excluding steroid dienone is 8. The number of nitrogens with one attached hydrogen (secondary N) is 1. The van der Waals surface area contributed by atoms with Gasteiger partial charge in [-0.1, -0.05) is 103 Å². The van der Waals surface area contributed by atoms with E-state index in [1.807, 2.05) is 0 Å². The summed E-state index contributed by atoms with van der Waals surface area (Å²) in [6.07, 6.45) is 22.0. The van der Waals surface area contributed by atoms with Crippen LogP contribution in [0.1, 0.15) is 37.2 Å². The number of fused-ring (bicyclic) bond motifs is 10. The maximum Gasteiger partial charge on any atom is 0.142 e. The lowest BCUT2D eigenvalue weighted by Gasteiger charge is -2.34. The largest absolute Gasteiger partial charge is 0.485 e. The van der Waals surface area contributed by atoms with Gasteiger partial charge in [0.05, 0.1) is 33.7 Å². The molecule has 55 heavy (non-hydrogen) atoms. The molecule has 4 heterocycles. The van der Waals surface area contributed by atoms with Crippen molar-refractivity contribution >= 4 is 49.3 Å². The third-order valence-corrected chi connectivity index (χ3v) is 12.2. The minimum Gasteiger partial charge on any atom is -0.485 e. The predicted molar refractivity (Wildman–Crippen MR) is 226 cm³/mol. The molecule has 12 rings (SSSR count). The number of hydrogen-bond donors (Lipinski definition) is 1. The first-order valence-corrected chi connectivity index (χ1v) is 19.6. The lowest BCUT2D eigenvalue weighted by molar-refractivity contribution is 0.261. The van der Waals surface area contributed by atoms with Crippen LogP contribution in [0.5, 0.6) is 5.75 Å². The SMILES string of the molecule is C1=CC2Oc3cc(-n4c5ccccc5c5cc6c(cc54)c4ccccc4n6-c4ccccc4)ccc3C2C(C2N=C3CCC=CC3=C(C3=CCCC=C3)N2)=C1. The molecule has 2 aliphatic heterocycles. The number of nitrogens with zero attached hydrogens (tertiary/aromatic N) is 3. The molecule has 3 atom stereocenters. The molecule has 0 radical (unpaired) electrons. The summed E-state index contributed by atoms with van der Waals surface area (Å²) in [4.78, 5) is 5.38. The number of ether oxygens (including phenoxy) is 1. The van der Waals surface area contributed by atoms with Crippen LogP contribution >= 0.6 is 0 Å². The van der Waals surface area contributed by atoms with Crippen LogP contribution in [0, 0.1) is 0 Å². The van der Waals surface area contributed by atoms with Gasteiger partial charge in [-0.2, -0.15) is 0 Å². The Kier molecular flexibility index (Phi) is 6.70. The summed E-state index contributed by atoms with van der Waals surface area (Å²) in [6, 6.07) is 39.9. The number of para-hydroxylation sites is 3. The highest BCUT2D eigenvalue weighted by atomic mass is 16.5. The second kappa shape index (κ2) is 12.0. The van der Waals surface area contributed by atoms with Gasteiger partial charge in [-0.05, 0) is 85.4 Å². The smallest absolute Gasteiger partial charge is 0.142 e. The monoisotopic (exact) mass is 710 g/mol. The van der Waals surface area contributed by atoms with Crippen molar-refractivity contribution in [3.8, 4) is 17.1 Å². The van der Waals surface area contributed by atoms with E-state index in [0.29, 0.717) is 0 Å². The molecule has 3 unspecified atom stereocenters. The third-order valence-electron chi connectivity index (χ3n) is 12.2. The zero-order chi connectivity index (χ0) is 36.0. The van der Waals surface area contributed by atoms with E-state index >= 15 is 0 Å². The standard InChI is InChI=1S/C50H38N4O/c1-3-14-31(15-4-1)49-36-20-7-10-22-41(36)51-50(52-49)38-21-13-25-46-48(38)37-27-26-33(28-47(37)55-46)54-43-24-12-9-19-35(43)40-29-44-39(30-45(40)54)34-18-8-11-23-42(34)53(44)32-16-5-2-6-17-32/h2-3,5-9,11-21,23-30,46,48,50,52H,1,4,10,22H2. The van der Waals surface area contributed by atoms with Gasteiger partial charge in [-0.3, -0.25) is 4.99 Å². The summed E-state index contributed by atoms with van der Waals surface area (Å²) >= 11 is 0. The van der Waals surface area contributed by atoms with Gasteiger partial charge in [0.2, 0.25) is 0 Å². The number of benzene rings is 5. The molecule has 0 amide bonds. The van der Waals surface area contributed by atoms with E-state index in [2.05, 4.69) is 172 Å². The fraction of sp³-hybridized carbons (Fsp3) is 0.140. The van der Waals surface area contributed by atoms with Crippen molar-refractivity contribution < 1.29 is 4.74 Å². The summed E-state index contributed by atoms with van der Waals surface area (Å²) in [7, 11) is 0. The molecule has 3 aliphatic carbocycles. The van der Waals surface area contributed by atoms with Crippen molar-refractivity contribution in [1.29, 1.82) is 0 Å². The Morgan fingerprint density at radius 1 is 0.655 bits per heavy atom. The Bertz CT molecular complexity index is 3000. The minimum absolute atomic E-state index is 0.0793. The maximum absolute atomic E-state index is 6.86. The van der Waals surface area contributed by atoms with E-state index in [4.69, 9.17) is 9.73 Å². The van der Waals surface area contributed by atoms with Crippen LogP contribution in [-0.2, 0) is 0 Å². The molecule has 5 nitrogen and oxygen atoms in total. The van der Waals surface area contributed by atoms with E-state index in [0.717, 1.165) is 42.8 Å². The van der Waals surface area contributed by atoms with Gasteiger partial charge in [0.15, 0.2) is 0 Å². The molecule has 0 saturated heterocycles. The Labute approximate surface area is 319 Å². The Balaban J connectivity index is 0.982. The molecule has 5 aromatic carbocycles. The van der Waals surface area contributed by atoms with E-state index in [1.54, 1.807) is 0 Å². The number of hydrogen-bond acceptors (Lipinski definition) is 3. The number of aliphatic imine (C=N–C) groups is 1. The molecule has 2 aromatic heterocycles. The second-order valence-electron chi connectivity index (χ2n) is 15.3. The molecule has 7 aromatic rings. The summed E-state index contributed by atoms with van der Waals surface area (Å²) in [5.74, 6) is 1.02. The highest BCUT2D eigenvalue weighted by molar-refractivity contribution is 6.19. The van der Waals surface area contributed by atoms with E-state index in [-0.39, 0.29) is 18.2 Å². The molecule has 1 N–H and O–H groups in total. The second-order valence-corrected chi connectivity index (χ2v) is 15.3. The van der Waals surface area contributed by atoms with Crippen LogP contribution in [0.2, 0.25) is 0 Å². The summed E-state index contributed by atoms with van der Waals surface area (Å²) in [5.41, 5.74) is 14.4. The fourth-order valence-electron chi connectivity index (χ4n) is 9.75. The summed E-state index contributed by atoms with van der Waals surface area (Å²) in [6.45, 7) is 0. The van der Waals surface area contributed by atoms with Gasteiger partial charge in [0.25, 0.3) is 0 Å². The first-order valence-electron chi connectivity index (χ1n) is 19.6. The van der Waals surface area contributed by atoms with Gasteiger partial charge < -0.3 is 19.2 Å². The van der Waals surface area contributed by atoms with Gasteiger partial charge in [0, 0.05) is 55.8 Å². The summed E-state index contributed by atoms with van der Waals surface area (Å²) in [5, 5.41) is 8.86. The van der Waals surface area contributed by atoms with Crippen molar-refractivity contribution in [2.24, 2.45) is 4.99 Å². The van der Waals surface area contributed by atoms with Gasteiger partial charge >= 0.3 is 0 Å². The minimum atomic E-state index is -0.152. The average molecular weight is 711 g/mol. The Morgan fingerprint density at radius 3 is 2.15 bits per heavy atom. The van der Waals surface area contributed by atoms with Crippen molar-refractivity contribution in [3.63, 3.8) is 0 Å². The van der Waals surface area contributed by atoms with E-state index in [9.17, 15) is 0 Å². The topological polar surface area (TPSA) is 43.5 Å². The Hall–Kier alpha value is -6.59. The number of aromatic nitrogens is 2. The van der Waals surface area contributed by atoms with Crippen LogP contribution < -0.4 is 10.1 Å². The highest BCUT2D eigenvalue weighted by Gasteiger charge is 2.41. The van der Waals surface area contributed by atoms with Gasteiger partial charge in [-0.25, -0.2) is 0 Å². The molecular formula is C50H38N4O. The zero-order valence-electron chi connectivity index (χ0n) is 30.3. The fourth-order valence-corrected chi connectivity index (χ4v) is 9.75. The highest BCUT2D eigenvalue weighted by Crippen LogP contribution is 2.48. The number of rotatable bonds is 4. The molecule has 0 fully saturated rings. The van der Waals surface area contributed by atoms with Crippen LogP contribution in [0.4, 0.5) is 0 Å². The van der Waals surface area contributed by atoms with Crippen molar-refractivity contribution in [3.05, 3.63) is 186 Å². The summed E-state index contributed by atoms with van der Waals surface area (Å²) < 4.78 is 11.7. The molecule has 5 heteroatoms. The van der Waals surface area contributed by atoms with E-state index < -0.39 is 0 Å². The lowest BCUT2D eigenvalue weighted by Crippen LogP contribution is -2.39. The molecule has 264 valence electrons. The third kappa shape index (κ3) is 4.62.